The highest BCUT2D eigenvalue weighted by atomic mass is 19.1. The number of rotatable bonds is 7. The summed E-state index contributed by atoms with van der Waals surface area (Å²) in [5.74, 6) is 2.73. The monoisotopic (exact) mass is 422 g/mol. The second-order valence-electron chi connectivity index (χ2n) is 6.85. The lowest BCUT2D eigenvalue weighted by atomic mass is 10.1. The number of ether oxygens (including phenoxy) is 3. The predicted molar refractivity (Wildman–Crippen MR) is 115 cm³/mol. The van der Waals surface area contributed by atoms with Gasteiger partial charge in [-0.2, -0.15) is 0 Å². The Bertz CT molecular complexity index is 1060. The molecule has 0 aliphatic carbocycles. The van der Waals surface area contributed by atoms with Gasteiger partial charge in [0.2, 0.25) is 12.7 Å². The van der Waals surface area contributed by atoms with Gasteiger partial charge in [-0.05, 0) is 41.8 Å². The molecule has 3 aromatic rings. The van der Waals surface area contributed by atoms with Gasteiger partial charge in [0.05, 0.1) is 0 Å². The van der Waals surface area contributed by atoms with Crippen LogP contribution in [0.15, 0.2) is 65.8 Å². The summed E-state index contributed by atoms with van der Waals surface area (Å²) in [6, 6.07) is 15.6. The maximum absolute atomic E-state index is 13.2. The second-order valence-corrected chi connectivity index (χ2v) is 6.85. The van der Waals surface area contributed by atoms with Gasteiger partial charge in [0, 0.05) is 38.5 Å². The van der Waals surface area contributed by atoms with E-state index in [2.05, 4.69) is 20.6 Å². The van der Waals surface area contributed by atoms with E-state index in [0.29, 0.717) is 24.1 Å². The molecule has 1 aliphatic rings. The first-order chi connectivity index (χ1) is 15.2. The van der Waals surface area contributed by atoms with Crippen LogP contribution in [0.2, 0.25) is 0 Å². The van der Waals surface area contributed by atoms with Crippen molar-refractivity contribution in [3.8, 4) is 23.1 Å². The van der Waals surface area contributed by atoms with Crippen LogP contribution in [0.5, 0.6) is 23.1 Å². The molecule has 0 bridgehead atoms. The molecular weight excluding hydrogens is 399 g/mol. The van der Waals surface area contributed by atoms with Crippen LogP contribution in [-0.4, -0.2) is 31.3 Å². The molecule has 1 aliphatic heterocycles. The first-order valence-electron chi connectivity index (χ1n) is 9.91. The zero-order valence-corrected chi connectivity index (χ0v) is 17.1. The number of aromatic nitrogens is 1. The quantitative estimate of drug-likeness (QED) is 0.447. The maximum atomic E-state index is 13.2. The number of fused-ring (bicyclic) bond motifs is 1. The van der Waals surface area contributed by atoms with Gasteiger partial charge in [-0.3, -0.25) is 4.99 Å². The number of halogens is 1. The molecule has 4 rings (SSSR count). The zero-order chi connectivity index (χ0) is 21.5. The molecule has 2 heterocycles. The Labute approximate surface area is 179 Å². The number of nitrogens with zero attached hydrogens (tertiary/aromatic N) is 2. The van der Waals surface area contributed by atoms with E-state index in [9.17, 15) is 4.39 Å². The van der Waals surface area contributed by atoms with Crippen molar-refractivity contribution >= 4 is 5.96 Å². The molecule has 2 N–H and O–H groups in total. The van der Waals surface area contributed by atoms with E-state index < -0.39 is 0 Å². The molecule has 0 saturated heterocycles. The average Bonchev–Trinajstić information content (AvgIpc) is 3.25. The van der Waals surface area contributed by atoms with E-state index in [1.54, 1.807) is 31.4 Å². The minimum absolute atomic E-state index is 0.278. The Kier molecular flexibility index (Phi) is 6.47. The fourth-order valence-electron chi connectivity index (χ4n) is 3.06. The Morgan fingerprint density at radius 2 is 1.94 bits per heavy atom. The SMILES string of the molecule is CN=C(NCCc1ccc2c(c1)OCO2)NCc1ccc(Oc2cccc(F)c2)nc1. The minimum atomic E-state index is -0.351. The van der Waals surface area contributed by atoms with Gasteiger partial charge in [0.1, 0.15) is 11.6 Å². The van der Waals surface area contributed by atoms with Crippen molar-refractivity contribution in [2.45, 2.75) is 13.0 Å². The molecule has 0 unspecified atom stereocenters. The normalized spacial score (nSPS) is 12.5. The summed E-state index contributed by atoms with van der Waals surface area (Å²) in [6.07, 6.45) is 2.53. The molecule has 0 fully saturated rings. The molecule has 1 aromatic heterocycles. The van der Waals surface area contributed by atoms with Gasteiger partial charge in [-0.1, -0.05) is 18.2 Å². The first kappa shape index (κ1) is 20.5. The molecule has 0 radical (unpaired) electrons. The summed E-state index contributed by atoms with van der Waals surface area (Å²) < 4.78 is 29.6. The summed E-state index contributed by atoms with van der Waals surface area (Å²) in [7, 11) is 1.73. The summed E-state index contributed by atoms with van der Waals surface area (Å²) in [5, 5.41) is 6.55. The van der Waals surface area contributed by atoms with Gasteiger partial charge in [-0.15, -0.1) is 0 Å². The van der Waals surface area contributed by atoms with Gasteiger partial charge < -0.3 is 24.8 Å². The van der Waals surface area contributed by atoms with E-state index in [4.69, 9.17) is 14.2 Å². The highest BCUT2D eigenvalue weighted by Gasteiger charge is 2.13. The zero-order valence-electron chi connectivity index (χ0n) is 17.1. The van der Waals surface area contributed by atoms with E-state index >= 15 is 0 Å². The minimum Gasteiger partial charge on any atom is -0.454 e. The Morgan fingerprint density at radius 3 is 2.74 bits per heavy atom. The molecule has 2 aromatic carbocycles. The summed E-state index contributed by atoms with van der Waals surface area (Å²) in [5.41, 5.74) is 2.12. The molecule has 0 saturated carbocycles. The van der Waals surface area contributed by atoms with Crippen LogP contribution >= 0.6 is 0 Å². The number of hydrogen-bond acceptors (Lipinski definition) is 5. The molecule has 7 nitrogen and oxygen atoms in total. The molecular formula is C23H23FN4O3. The first-order valence-corrected chi connectivity index (χ1v) is 9.91. The largest absolute Gasteiger partial charge is 0.454 e. The smallest absolute Gasteiger partial charge is 0.231 e. The van der Waals surface area contributed by atoms with Crippen molar-refractivity contribution in [2.75, 3.05) is 20.4 Å². The maximum Gasteiger partial charge on any atom is 0.231 e. The van der Waals surface area contributed by atoms with E-state index in [1.807, 2.05) is 24.3 Å². The number of pyridine rings is 1. The summed E-state index contributed by atoms with van der Waals surface area (Å²) in [6.45, 7) is 1.55. The third kappa shape index (κ3) is 5.63. The number of aliphatic imine (C=N–C) groups is 1. The van der Waals surface area contributed by atoms with E-state index in [0.717, 1.165) is 35.6 Å². The van der Waals surface area contributed by atoms with E-state index in [-0.39, 0.29) is 12.6 Å². The van der Waals surface area contributed by atoms with Crippen LogP contribution in [0.25, 0.3) is 0 Å². The highest BCUT2D eigenvalue weighted by Crippen LogP contribution is 2.32. The van der Waals surface area contributed by atoms with Crippen molar-refractivity contribution in [3.05, 3.63) is 77.7 Å². The number of guanidine groups is 1. The molecule has 0 spiro atoms. The van der Waals surface area contributed by atoms with E-state index in [1.165, 1.54) is 12.1 Å². The Balaban J connectivity index is 1.23. The lowest BCUT2D eigenvalue weighted by Gasteiger charge is -2.12. The van der Waals surface area contributed by atoms with Crippen LogP contribution in [0, 0.1) is 5.82 Å². The van der Waals surface area contributed by atoms with Gasteiger partial charge in [-0.25, -0.2) is 9.37 Å². The van der Waals surface area contributed by atoms with Crippen molar-refractivity contribution in [1.82, 2.24) is 15.6 Å². The van der Waals surface area contributed by atoms with Gasteiger partial charge >= 0.3 is 0 Å². The molecule has 0 atom stereocenters. The lowest BCUT2D eigenvalue weighted by molar-refractivity contribution is 0.174. The predicted octanol–water partition coefficient (Wildman–Crippen LogP) is 3.65. The molecule has 160 valence electrons. The van der Waals surface area contributed by atoms with Crippen molar-refractivity contribution < 1.29 is 18.6 Å². The van der Waals surface area contributed by atoms with Crippen LogP contribution in [-0.2, 0) is 13.0 Å². The van der Waals surface area contributed by atoms with Crippen molar-refractivity contribution in [3.63, 3.8) is 0 Å². The molecule has 31 heavy (non-hydrogen) atoms. The fourth-order valence-corrected chi connectivity index (χ4v) is 3.06. The number of nitrogens with one attached hydrogen (secondary N) is 2. The highest BCUT2D eigenvalue weighted by molar-refractivity contribution is 5.79. The van der Waals surface area contributed by atoms with Crippen molar-refractivity contribution in [2.24, 2.45) is 4.99 Å². The van der Waals surface area contributed by atoms with Crippen LogP contribution in [0.4, 0.5) is 4.39 Å². The fraction of sp³-hybridized carbons (Fsp3) is 0.217. The van der Waals surface area contributed by atoms with Crippen LogP contribution in [0.1, 0.15) is 11.1 Å². The summed E-state index contributed by atoms with van der Waals surface area (Å²) >= 11 is 0. The Hall–Kier alpha value is -3.81. The molecule has 0 amide bonds. The molecule has 8 heteroatoms. The third-order valence-corrected chi connectivity index (χ3v) is 4.64. The summed E-state index contributed by atoms with van der Waals surface area (Å²) in [4.78, 5) is 8.51. The second kappa shape index (κ2) is 9.80. The van der Waals surface area contributed by atoms with Crippen LogP contribution < -0.4 is 24.8 Å². The van der Waals surface area contributed by atoms with Crippen molar-refractivity contribution in [1.29, 1.82) is 0 Å². The number of benzene rings is 2. The van der Waals surface area contributed by atoms with Gasteiger partial charge in [0.25, 0.3) is 0 Å². The average molecular weight is 422 g/mol. The van der Waals surface area contributed by atoms with Gasteiger partial charge in [0.15, 0.2) is 17.5 Å². The third-order valence-electron chi connectivity index (χ3n) is 4.64. The Morgan fingerprint density at radius 1 is 1.06 bits per heavy atom. The standard InChI is InChI=1S/C23H23FN4O3/c1-25-23(26-10-9-16-5-7-20-21(11-16)30-15-29-20)28-14-17-6-8-22(27-13-17)31-19-4-2-3-18(24)12-19/h2-8,11-13H,9-10,14-15H2,1H3,(H2,25,26,28). The lowest BCUT2D eigenvalue weighted by Crippen LogP contribution is -2.37. The number of hydrogen-bond donors (Lipinski definition) is 2. The topological polar surface area (TPSA) is 77.0 Å². The van der Waals surface area contributed by atoms with Crippen LogP contribution in [0.3, 0.4) is 0 Å².